The summed E-state index contributed by atoms with van der Waals surface area (Å²) in [5, 5.41) is 0. The van der Waals surface area contributed by atoms with E-state index in [-0.39, 0.29) is 25.0 Å². The van der Waals surface area contributed by atoms with Crippen molar-refractivity contribution in [2.45, 2.75) is 34.1 Å². The summed E-state index contributed by atoms with van der Waals surface area (Å²) < 4.78 is 0. The Morgan fingerprint density at radius 1 is 1.58 bits per heavy atom. The Morgan fingerprint density at radius 3 is 2.89 bits per heavy atom. The third-order valence-corrected chi connectivity index (χ3v) is 3.42. The molecule has 19 heavy (non-hydrogen) atoms. The third kappa shape index (κ3) is 3.43. The van der Waals surface area contributed by atoms with Crippen molar-refractivity contribution in [3.63, 3.8) is 0 Å². The number of H-pyrrole nitrogens is 1. The van der Waals surface area contributed by atoms with Crippen molar-refractivity contribution in [3.8, 4) is 0 Å². The van der Waals surface area contributed by atoms with Crippen molar-refractivity contribution < 1.29 is 9.59 Å². The number of nitrogens with zero attached hydrogens (tertiary/aromatic N) is 2. The lowest BCUT2D eigenvalue weighted by Crippen LogP contribution is -2.33. The van der Waals surface area contributed by atoms with Gasteiger partial charge < -0.3 is 9.88 Å². The molecule has 5 nitrogen and oxygen atoms in total. The Hall–Kier alpha value is -1.65. The van der Waals surface area contributed by atoms with Crippen molar-refractivity contribution in [1.82, 2.24) is 14.9 Å². The van der Waals surface area contributed by atoms with Crippen LogP contribution in [0, 0.1) is 11.8 Å². The predicted molar refractivity (Wildman–Crippen MR) is 73.6 cm³/mol. The number of imidazole rings is 1. The van der Waals surface area contributed by atoms with E-state index in [1.54, 1.807) is 17.4 Å². The highest BCUT2D eigenvalue weighted by Gasteiger charge is 2.37. The van der Waals surface area contributed by atoms with Crippen molar-refractivity contribution >= 4 is 11.7 Å². The van der Waals surface area contributed by atoms with Gasteiger partial charge in [0.15, 0.2) is 0 Å². The number of carbonyl (C=O) groups is 2. The quantitative estimate of drug-likeness (QED) is 0.823. The van der Waals surface area contributed by atoms with E-state index in [0.29, 0.717) is 19.5 Å². The van der Waals surface area contributed by atoms with Crippen LogP contribution in [0.1, 0.15) is 33.4 Å². The van der Waals surface area contributed by atoms with Crippen LogP contribution in [-0.2, 0) is 16.0 Å². The first-order chi connectivity index (χ1) is 8.59. The van der Waals surface area contributed by atoms with Gasteiger partial charge in [0.05, 0.1) is 12.2 Å². The fraction of sp³-hybridized carbons (Fsp3) is 0.643. The smallest absolute Gasteiger partial charge is 0.233 e. The minimum Gasteiger partial charge on any atom is -0.348 e. The molecule has 0 saturated carbocycles. The highest BCUT2D eigenvalue weighted by molar-refractivity contribution is 6.03. The lowest BCUT2D eigenvalue weighted by Gasteiger charge is -2.16. The van der Waals surface area contributed by atoms with E-state index in [1.807, 2.05) is 13.8 Å². The Labute approximate surface area is 114 Å². The summed E-state index contributed by atoms with van der Waals surface area (Å²) in [5.74, 6) is -0.407. The van der Waals surface area contributed by atoms with Crippen LogP contribution in [-0.4, -0.2) is 39.6 Å². The molecule has 1 aromatic rings. The second-order valence-electron chi connectivity index (χ2n) is 5.05. The lowest BCUT2D eigenvalue weighted by molar-refractivity contribution is -0.138. The van der Waals surface area contributed by atoms with Crippen LogP contribution in [0.2, 0.25) is 0 Å². The highest BCUT2D eigenvalue weighted by Crippen LogP contribution is 2.22. The molecule has 0 aliphatic carbocycles. The molecule has 1 N–H and O–H groups in total. The van der Waals surface area contributed by atoms with Gasteiger partial charge in [0.1, 0.15) is 5.78 Å². The molecule has 1 aliphatic heterocycles. The summed E-state index contributed by atoms with van der Waals surface area (Å²) in [6.45, 7) is 5.05. The van der Waals surface area contributed by atoms with Gasteiger partial charge in [-0.1, -0.05) is 21.3 Å². The maximum Gasteiger partial charge on any atom is 0.233 e. The maximum absolute atomic E-state index is 12.1. The van der Waals surface area contributed by atoms with Crippen LogP contribution in [0.15, 0.2) is 12.5 Å². The normalized spacial score (nSPS) is 18.8. The molecule has 0 radical (unpaired) electrons. The first-order valence-corrected chi connectivity index (χ1v) is 6.39. The van der Waals surface area contributed by atoms with Crippen LogP contribution >= 0.6 is 0 Å². The van der Waals surface area contributed by atoms with Gasteiger partial charge in [0.25, 0.3) is 0 Å². The Kier molecular flexibility index (Phi) is 5.27. The van der Waals surface area contributed by atoms with E-state index in [4.69, 9.17) is 0 Å². The van der Waals surface area contributed by atoms with Gasteiger partial charge in [-0.15, -0.1) is 0 Å². The average molecular weight is 265 g/mol. The lowest BCUT2D eigenvalue weighted by atomic mass is 9.94. The second kappa shape index (κ2) is 6.50. The maximum atomic E-state index is 12.1. The van der Waals surface area contributed by atoms with Crippen LogP contribution in [0.5, 0.6) is 0 Å². The third-order valence-electron chi connectivity index (χ3n) is 3.42. The number of likely N-dealkylation sites (tertiary alicyclic amines) is 1. The summed E-state index contributed by atoms with van der Waals surface area (Å²) in [6, 6.07) is 0. The predicted octanol–water partition coefficient (Wildman–Crippen LogP) is 1.66. The van der Waals surface area contributed by atoms with Gasteiger partial charge in [-0.3, -0.25) is 9.59 Å². The number of ketones is 1. The monoisotopic (exact) mass is 265 g/mol. The summed E-state index contributed by atoms with van der Waals surface area (Å²) in [4.78, 5) is 32.7. The molecule has 0 bridgehead atoms. The Morgan fingerprint density at radius 2 is 2.32 bits per heavy atom. The number of carbonyl (C=O) groups excluding carboxylic acids is 2. The average Bonchev–Trinajstić information content (AvgIpc) is 2.95. The molecule has 1 aliphatic rings. The standard InChI is InChI=1S/C13H19N3O2.CH4/c1-9(2)12(17)11-4-6-16(13(11)18)5-3-10-7-14-8-15-10;/h7-9,11H,3-6H2,1-2H3,(H,14,15);1H4. The van der Waals surface area contributed by atoms with Crippen molar-refractivity contribution in [3.05, 3.63) is 18.2 Å². The molecule has 106 valence electrons. The van der Waals surface area contributed by atoms with E-state index < -0.39 is 5.92 Å². The Balaban J connectivity index is 0.00000180. The molecule has 1 fully saturated rings. The van der Waals surface area contributed by atoms with Crippen molar-refractivity contribution in [2.24, 2.45) is 11.8 Å². The molecule has 1 aromatic heterocycles. The minimum atomic E-state index is -0.410. The zero-order chi connectivity index (χ0) is 13.1. The zero-order valence-corrected chi connectivity index (χ0v) is 10.8. The molecule has 2 rings (SSSR count). The highest BCUT2D eigenvalue weighted by atomic mass is 16.2. The van der Waals surface area contributed by atoms with Gasteiger partial charge in [-0.05, 0) is 6.42 Å². The molecule has 1 saturated heterocycles. The summed E-state index contributed by atoms with van der Waals surface area (Å²) in [7, 11) is 0. The molecule has 0 spiro atoms. The van der Waals surface area contributed by atoms with Crippen LogP contribution in [0.4, 0.5) is 0 Å². The molecular weight excluding hydrogens is 242 g/mol. The molecule has 1 unspecified atom stereocenters. The first kappa shape index (κ1) is 15.4. The van der Waals surface area contributed by atoms with Gasteiger partial charge in [-0.2, -0.15) is 0 Å². The number of Topliss-reactive ketones (excluding diaryl/α,β-unsaturated/α-hetero) is 1. The number of rotatable bonds is 5. The SMILES string of the molecule is C.CC(C)C(=O)C1CCN(CCc2cnc[nH]2)C1=O. The van der Waals surface area contributed by atoms with E-state index in [0.717, 1.165) is 12.1 Å². The van der Waals surface area contributed by atoms with Crippen LogP contribution in [0.25, 0.3) is 0 Å². The van der Waals surface area contributed by atoms with Crippen molar-refractivity contribution in [2.75, 3.05) is 13.1 Å². The van der Waals surface area contributed by atoms with Gasteiger partial charge in [0, 0.05) is 37.3 Å². The largest absolute Gasteiger partial charge is 0.348 e. The van der Waals surface area contributed by atoms with E-state index in [2.05, 4.69) is 9.97 Å². The molecule has 1 amide bonds. The van der Waals surface area contributed by atoms with E-state index in [9.17, 15) is 9.59 Å². The van der Waals surface area contributed by atoms with E-state index >= 15 is 0 Å². The van der Waals surface area contributed by atoms with Crippen molar-refractivity contribution in [1.29, 1.82) is 0 Å². The van der Waals surface area contributed by atoms with Gasteiger partial charge in [0.2, 0.25) is 5.91 Å². The number of hydrogen-bond donors (Lipinski definition) is 1. The van der Waals surface area contributed by atoms with Gasteiger partial charge in [-0.25, -0.2) is 4.98 Å². The number of amides is 1. The topological polar surface area (TPSA) is 66.1 Å². The minimum absolute atomic E-state index is 0. The summed E-state index contributed by atoms with van der Waals surface area (Å²) in [5.41, 5.74) is 1.02. The van der Waals surface area contributed by atoms with Crippen LogP contribution in [0.3, 0.4) is 0 Å². The zero-order valence-electron chi connectivity index (χ0n) is 10.8. The second-order valence-corrected chi connectivity index (χ2v) is 5.05. The first-order valence-electron chi connectivity index (χ1n) is 6.39. The number of nitrogens with one attached hydrogen (secondary N) is 1. The summed E-state index contributed by atoms with van der Waals surface area (Å²) >= 11 is 0. The molecule has 1 atom stereocenters. The van der Waals surface area contributed by atoms with E-state index in [1.165, 1.54) is 0 Å². The number of aromatic nitrogens is 2. The molecule has 5 heteroatoms. The Bertz CT molecular complexity index is 426. The molecular formula is C14H23N3O2. The fourth-order valence-electron chi connectivity index (χ4n) is 2.30. The number of hydrogen-bond acceptors (Lipinski definition) is 3. The molecule has 0 aromatic carbocycles. The fourth-order valence-corrected chi connectivity index (χ4v) is 2.30. The van der Waals surface area contributed by atoms with Crippen LogP contribution < -0.4 is 0 Å². The molecule has 2 heterocycles. The van der Waals surface area contributed by atoms with Gasteiger partial charge >= 0.3 is 0 Å². The number of aromatic amines is 1. The summed E-state index contributed by atoms with van der Waals surface area (Å²) in [6.07, 6.45) is 4.82.